The molecule has 1 aromatic rings. The van der Waals surface area contributed by atoms with E-state index in [-0.39, 0.29) is 29.6 Å². The molecular formula is C23H34ClFO4. The maximum atomic E-state index is 13.6. The second-order valence-corrected chi connectivity index (χ2v) is 7.69. The third kappa shape index (κ3) is 12.5. The molecule has 0 bridgehead atoms. The normalized spacial score (nSPS) is 10.7. The summed E-state index contributed by atoms with van der Waals surface area (Å²) in [5.74, 6) is -1.92. The molecule has 164 valence electrons. The minimum atomic E-state index is -0.693. The third-order valence-electron chi connectivity index (χ3n) is 4.66. The van der Waals surface area contributed by atoms with Crippen molar-refractivity contribution in [3.05, 3.63) is 29.0 Å². The van der Waals surface area contributed by atoms with Gasteiger partial charge in [-0.3, -0.25) is 9.59 Å². The third-order valence-corrected chi connectivity index (χ3v) is 4.96. The molecule has 0 aliphatic carbocycles. The van der Waals surface area contributed by atoms with Gasteiger partial charge in [0.05, 0.1) is 11.6 Å². The average Bonchev–Trinajstić information content (AvgIpc) is 2.69. The topological polar surface area (TPSA) is 52.6 Å². The van der Waals surface area contributed by atoms with Gasteiger partial charge < -0.3 is 9.47 Å². The molecule has 4 nitrogen and oxygen atoms in total. The van der Waals surface area contributed by atoms with Crippen LogP contribution in [0, 0.1) is 5.82 Å². The average molecular weight is 429 g/mol. The lowest BCUT2D eigenvalue weighted by Crippen LogP contribution is -2.11. The van der Waals surface area contributed by atoms with Crippen LogP contribution in [-0.4, -0.2) is 18.5 Å². The van der Waals surface area contributed by atoms with Gasteiger partial charge in [-0.25, -0.2) is 4.39 Å². The standard InChI is InChI=1S/C23H34ClFO4/c1-2-3-4-5-6-7-8-9-10-11-18-28-21(26)16-13-17-22(27)29-23-19(24)14-12-15-20(23)25/h12,14-15H,2-11,13,16-18H2,1H3. The van der Waals surface area contributed by atoms with Crippen molar-refractivity contribution in [1.29, 1.82) is 0 Å². The Hall–Kier alpha value is -1.62. The predicted octanol–water partition coefficient (Wildman–Crippen LogP) is 7.02. The number of carbonyl (C=O) groups excluding carboxylic acids is 2. The van der Waals surface area contributed by atoms with Crippen LogP contribution in [0.5, 0.6) is 5.75 Å². The van der Waals surface area contributed by atoms with Crippen molar-refractivity contribution >= 4 is 23.5 Å². The number of hydrogen-bond acceptors (Lipinski definition) is 4. The fourth-order valence-corrected chi connectivity index (χ4v) is 3.17. The van der Waals surface area contributed by atoms with E-state index in [1.807, 2.05) is 0 Å². The molecule has 0 heterocycles. The van der Waals surface area contributed by atoms with E-state index in [4.69, 9.17) is 21.1 Å². The Balaban J connectivity index is 1.98. The highest BCUT2D eigenvalue weighted by Crippen LogP contribution is 2.27. The first-order chi connectivity index (χ1) is 14.0. The van der Waals surface area contributed by atoms with Crippen LogP contribution in [0.4, 0.5) is 4.39 Å². The van der Waals surface area contributed by atoms with Crippen LogP contribution in [0.3, 0.4) is 0 Å². The van der Waals surface area contributed by atoms with Crippen LogP contribution in [0.15, 0.2) is 18.2 Å². The summed E-state index contributed by atoms with van der Waals surface area (Å²) in [6.07, 6.45) is 12.7. The van der Waals surface area contributed by atoms with Crippen molar-refractivity contribution in [2.24, 2.45) is 0 Å². The molecule has 0 N–H and O–H groups in total. The molecule has 0 spiro atoms. The van der Waals surface area contributed by atoms with Crippen LogP contribution < -0.4 is 4.74 Å². The number of carbonyl (C=O) groups is 2. The minimum Gasteiger partial charge on any atom is -0.466 e. The summed E-state index contributed by atoms with van der Waals surface area (Å²) >= 11 is 5.80. The molecule has 1 rings (SSSR count). The summed E-state index contributed by atoms with van der Waals surface area (Å²) in [6.45, 7) is 2.65. The first-order valence-electron chi connectivity index (χ1n) is 10.8. The van der Waals surface area contributed by atoms with Gasteiger partial charge in [-0.1, -0.05) is 82.4 Å². The van der Waals surface area contributed by atoms with Gasteiger partial charge in [-0.15, -0.1) is 0 Å². The highest BCUT2D eigenvalue weighted by Gasteiger charge is 2.14. The number of para-hydroxylation sites is 1. The van der Waals surface area contributed by atoms with Gasteiger partial charge in [0, 0.05) is 12.8 Å². The summed E-state index contributed by atoms with van der Waals surface area (Å²) < 4.78 is 23.7. The van der Waals surface area contributed by atoms with Gasteiger partial charge in [0.1, 0.15) is 0 Å². The summed E-state index contributed by atoms with van der Waals surface area (Å²) in [5.41, 5.74) is 0. The van der Waals surface area contributed by atoms with E-state index >= 15 is 0 Å². The zero-order valence-corrected chi connectivity index (χ0v) is 18.3. The smallest absolute Gasteiger partial charge is 0.311 e. The van der Waals surface area contributed by atoms with E-state index in [2.05, 4.69) is 6.92 Å². The van der Waals surface area contributed by atoms with Crippen molar-refractivity contribution in [2.75, 3.05) is 6.61 Å². The van der Waals surface area contributed by atoms with Gasteiger partial charge in [0.25, 0.3) is 0 Å². The maximum absolute atomic E-state index is 13.6. The number of rotatable bonds is 16. The number of esters is 2. The highest BCUT2D eigenvalue weighted by molar-refractivity contribution is 6.32. The SMILES string of the molecule is CCCCCCCCCCCCOC(=O)CCCC(=O)Oc1c(F)cccc1Cl. The van der Waals surface area contributed by atoms with E-state index in [1.54, 1.807) is 0 Å². The quantitative estimate of drug-likeness (QED) is 0.161. The molecule has 0 amide bonds. The molecule has 0 aromatic heterocycles. The lowest BCUT2D eigenvalue weighted by molar-refractivity contribution is -0.144. The van der Waals surface area contributed by atoms with E-state index < -0.39 is 11.8 Å². The van der Waals surface area contributed by atoms with Crippen LogP contribution >= 0.6 is 11.6 Å². The largest absolute Gasteiger partial charge is 0.466 e. The van der Waals surface area contributed by atoms with E-state index in [0.717, 1.165) is 12.8 Å². The molecular weight excluding hydrogens is 395 g/mol. The number of halogens is 2. The maximum Gasteiger partial charge on any atom is 0.311 e. The first kappa shape index (κ1) is 25.4. The summed E-state index contributed by atoms with van der Waals surface area (Å²) in [4.78, 5) is 23.5. The van der Waals surface area contributed by atoms with Crippen molar-refractivity contribution in [2.45, 2.75) is 90.4 Å². The Morgan fingerprint density at radius 3 is 2.07 bits per heavy atom. The lowest BCUT2D eigenvalue weighted by atomic mass is 10.1. The van der Waals surface area contributed by atoms with Crippen LogP contribution in [0.25, 0.3) is 0 Å². The predicted molar refractivity (Wildman–Crippen MR) is 114 cm³/mol. The van der Waals surface area contributed by atoms with Crippen LogP contribution in [0.2, 0.25) is 5.02 Å². The molecule has 0 unspecified atom stereocenters. The number of benzene rings is 1. The highest BCUT2D eigenvalue weighted by atomic mass is 35.5. The molecule has 29 heavy (non-hydrogen) atoms. The fraction of sp³-hybridized carbons (Fsp3) is 0.652. The van der Waals surface area contributed by atoms with Crippen molar-refractivity contribution in [3.63, 3.8) is 0 Å². The van der Waals surface area contributed by atoms with Crippen molar-refractivity contribution in [1.82, 2.24) is 0 Å². The Labute approximate surface area is 179 Å². The van der Waals surface area contributed by atoms with Crippen LogP contribution in [0.1, 0.15) is 90.4 Å². The molecule has 0 aliphatic rings. The summed E-state index contributed by atoms with van der Waals surface area (Å²) in [6, 6.07) is 4.04. The lowest BCUT2D eigenvalue weighted by Gasteiger charge is -2.07. The second-order valence-electron chi connectivity index (χ2n) is 7.28. The second kappa shape index (κ2) is 16.2. The molecule has 0 fully saturated rings. The monoisotopic (exact) mass is 428 g/mol. The molecule has 0 atom stereocenters. The van der Waals surface area contributed by atoms with Crippen LogP contribution in [-0.2, 0) is 14.3 Å². The van der Waals surface area contributed by atoms with Gasteiger partial charge in [-0.2, -0.15) is 0 Å². The zero-order chi connectivity index (χ0) is 21.3. The number of hydrogen-bond donors (Lipinski definition) is 0. The molecule has 0 radical (unpaired) electrons. The molecule has 1 aromatic carbocycles. The summed E-state index contributed by atoms with van der Waals surface area (Å²) in [7, 11) is 0. The van der Waals surface area contributed by atoms with Gasteiger partial charge in [0.15, 0.2) is 11.6 Å². The van der Waals surface area contributed by atoms with E-state index in [9.17, 15) is 14.0 Å². The zero-order valence-electron chi connectivity index (χ0n) is 17.5. The van der Waals surface area contributed by atoms with Crippen molar-refractivity contribution < 1.29 is 23.5 Å². The Bertz CT molecular complexity index is 586. The van der Waals surface area contributed by atoms with Gasteiger partial charge in [0.2, 0.25) is 0 Å². The van der Waals surface area contributed by atoms with E-state index in [1.165, 1.54) is 69.6 Å². The fourth-order valence-electron chi connectivity index (χ4n) is 2.97. The molecule has 6 heteroatoms. The van der Waals surface area contributed by atoms with Gasteiger partial charge >= 0.3 is 11.9 Å². The number of ether oxygens (including phenoxy) is 2. The minimum absolute atomic E-state index is 0.00197. The Morgan fingerprint density at radius 1 is 0.862 bits per heavy atom. The molecule has 0 aliphatic heterocycles. The summed E-state index contributed by atoms with van der Waals surface area (Å²) in [5, 5.41) is 0.0363. The van der Waals surface area contributed by atoms with Crippen molar-refractivity contribution in [3.8, 4) is 5.75 Å². The molecule has 0 saturated carbocycles. The Morgan fingerprint density at radius 2 is 1.45 bits per heavy atom. The van der Waals surface area contributed by atoms with E-state index in [0.29, 0.717) is 13.0 Å². The number of unbranched alkanes of at least 4 members (excludes halogenated alkanes) is 9. The first-order valence-corrected chi connectivity index (χ1v) is 11.2. The Kier molecular flexibility index (Phi) is 14.2. The van der Waals surface area contributed by atoms with Gasteiger partial charge in [-0.05, 0) is 25.0 Å². The molecule has 0 saturated heterocycles.